The monoisotopic (exact) mass is 333 g/mol. The van der Waals surface area contributed by atoms with Crippen molar-refractivity contribution in [2.45, 2.75) is 39.5 Å². The number of hydrogen-bond acceptors (Lipinski definition) is 5. The van der Waals surface area contributed by atoms with Crippen LogP contribution in [0.1, 0.15) is 29.2 Å². The maximum absolute atomic E-state index is 10.2. The van der Waals surface area contributed by atoms with Gasteiger partial charge in [-0.1, -0.05) is 6.07 Å². The Kier molecular flexibility index (Phi) is 4.62. The molecule has 1 aliphatic heterocycles. The standard InChI is InChI=1S/C18H23NO3S/c1-13-4-6-15(23-13)10-19(11-18(2,3)20)9-14-5-7-16-17(8-14)22-12-21-16/h4-8,20H,9-12H2,1-3H3. The van der Waals surface area contributed by atoms with Gasteiger partial charge in [0.2, 0.25) is 6.79 Å². The van der Waals surface area contributed by atoms with E-state index in [1.807, 2.05) is 26.0 Å². The number of aliphatic hydroxyl groups is 1. The van der Waals surface area contributed by atoms with E-state index in [1.54, 1.807) is 11.3 Å². The average molecular weight is 333 g/mol. The smallest absolute Gasteiger partial charge is 0.231 e. The second-order valence-electron chi connectivity index (χ2n) is 6.66. The molecule has 0 spiro atoms. The van der Waals surface area contributed by atoms with Crippen molar-refractivity contribution in [2.75, 3.05) is 13.3 Å². The van der Waals surface area contributed by atoms with E-state index in [2.05, 4.69) is 30.0 Å². The SMILES string of the molecule is Cc1ccc(CN(Cc2ccc3c(c2)OCO3)CC(C)(C)O)s1. The Bertz CT molecular complexity index is 675. The normalized spacial score (nSPS) is 13.8. The zero-order chi connectivity index (χ0) is 16.4. The van der Waals surface area contributed by atoms with Crippen LogP contribution in [0.4, 0.5) is 0 Å². The van der Waals surface area contributed by atoms with Crippen LogP contribution in [0.2, 0.25) is 0 Å². The van der Waals surface area contributed by atoms with E-state index in [0.717, 1.165) is 30.2 Å². The van der Waals surface area contributed by atoms with Crippen LogP contribution in [0.3, 0.4) is 0 Å². The van der Waals surface area contributed by atoms with Gasteiger partial charge in [0, 0.05) is 29.4 Å². The molecule has 0 saturated heterocycles. The lowest BCUT2D eigenvalue weighted by atomic mass is 10.1. The van der Waals surface area contributed by atoms with Gasteiger partial charge in [-0.05, 0) is 50.6 Å². The predicted molar refractivity (Wildman–Crippen MR) is 92.0 cm³/mol. The molecule has 1 N–H and O–H groups in total. The van der Waals surface area contributed by atoms with Crippen molar-refractivity contribution in [3.63, 3.8) is 0 Å². The van der Waals surface area contributed by atoms with E-state index < -0.39 is 5.60 Å². The number of nitrogens with zero attached hydrogens (tertiary/aromatic N) is 1. The number of aryl methyl sites for hydroxylation is 1. The largest absolute Gasteiger partial charge is 0.454 e. The van der Waals surface area contributed by atoms with Crippen molar-refractivity contribution < 1.29 is 14.6 Å². The third kappa shape index (κ3) is 4.47. The van der Waals surface area contributed by atoms with Crippen LogP contribution in [-0.4, -0.2) is 28.9 Å². The van der Waals surface area contributed by atoms with Crippen molar-refractivity contribution in [1.29, 1.82) is 0 Å². The Balaban J connectivity index is 1.74. The highest BCUT2D eigenvalue weighted by atomic mass is 32.1. The summed E-state index contributed by atoms with van der Waals surface area (Å²) in [5.41, 5.74) is 0.426. The molecule has 1 aliphatic rings. The Hall–Kier alpha value is -1.56. The molecular weight excluding hydrogens is 310 g/mol. The fraction of sp³-hybridized carbons (Fsp3) is 0.444. The van der Waals surface area contributed by atoms with Crippen molar-refractivity contribution in [1.82, 2.24) is 4.90 Å². The molecule has 2 aromatic rings. The molecule has 5 heteroatoms. The summed E-state index contributed by atoms with van der Waals surface area (Å²) in [6.45, 7) is 8.30. The quantitative estimate of drug-likeness (QED) is 0.878. The molecule has 0 bridgehead atoms. The molecule has 0 aliphatic carbocycles. The number of ether oxygens (including phenoxy) is 2. The van der Waals surface area contributed by atoms with Crippen LogP contribution in [0, 0.1) is 6.92 Å². The lowest BCUT2D eigenvalue weighted by Crippen LogP contribution is -2.37. The molecule has 124 valence electrons. The topological polar surface area (TPSA) is 41.9 Å². The molecule has 0 radical (unpaired) electrons. The van der Waals surface area contributed by atoms with Crippen LogP contribution in [0.15, 0.2) is 30.3 Å². The third-order valence-electron chi connectivity index (χ3n) is 3.63. The molecule has 1 aromatic carbocycles. The van der Waals surface area contributed by atoms with E-state index in [4.69, 9.17) is 9.47 Å². The third-order valence-corrected chi connectivity index (χ3v) is 4.61. The Morgan fingerprint density at radius 1 is 1.13 bits per heavy atom. The first kappa shape index (κ1) is 16.3. The van der Waals surface area contributed by atoms with Crippen molar-refractivity contribution in [2.24, 2.45) is 0 Å². The van der Waals surface area contributed by atoms with Gasteiger partial charge >= 0.3 is 0 Å². The second kappa shape index (κ2) is 6.51. The molecule has 23 heavy (non-hydrogen) atoms. The second-order valence-corrected chi connectivity index (χ2v) is 8.03. The Morgan fingerprint density at radius 2 is 1.91 bits per heavy atom. The number of benzene rings is 1. The number of rotatable bonds is 6. The fourth-order valence-corrected chi connectivity index (χ4v) is 3.74. The zero-order valence-corrected chi connectivity index (χ0v) is 14.7. The molecule has 0 amide bonds. The van der Waals surface area contributed by atoms with Gasteiger partial charge in [-0.25, -0.2) is 0 Å². The lowest BCUT2D eigenvalue weighted by Gasteiger charge is -2.28. The molecular formula is C18H23NO3S. The summed E-state index contributed by atoms with van der Waals surface area (Å²) < 4.78 is 10.8. The van der Waals surface area contributed by atoms with Gasteiger partial charge in [0.25, 0.3) is 0 Å². The molecule has 2 heterocycles. The van der Waals surface area contributed by atoms with Crippen LogP contribution >= 0.6 is 11.3 Å². The molecule has 4 nitrogen and oxygen atoms in total. The predicted octanol–water partition coefficient (Wildman–Crippen LogP) is 3.56. The first-order chi connectivity index (χ1) is 10.9. The number of hydrogen-bond donors (Lipinski definition) is 1. The first-order valence-corrected chi connectivity index (χ1v) is 8.59. The van der Waals surface area contributed by atoms with Gasteiger partial charge < -0.3 is 14.6 Å². The summed E-state index contributed by atoms with van der Waals surface area (Å²) in [5, 5.41) is 10.2. The Morgan fingerprint density at radius 3 is 2.61 bits per heavy atom. The van der Waals surface area contributed by atoms with Crippen molar-refractivity contribution in [3.05, 3.63) is 45.6 Å². The highest BCUT2D eigenvalue weighted by molar-refractivity contribution is 7.11. The minimum Gasteiger partial charge on any atom is -0.454 e. The van der Waals surface area contributed by atoms with Gasteiger partial charge in [0.15, 0.2) is 11.5 Å². The molecule has 3 rings (SSSR count). The molecule has 0 unspecified atom stereocenters. The van der Waals surface area contributed by atoms with Crippen molar-refractivity contribution >= 4 is 11.3 Å². The maximum Gasteiger partial charge on any atom is 0.231 e. The van der Waals surface area contributed by atoms with E-state index in [9.17, 15) is 5.11 Å². The van der Waals surface area contributed by atoms with E-state index in [-0.39, 0.29) is 0 Å². The van der Waals surface area contributed by atoms with Crippen LogP contribution in [0.25, 0.3) is 0 Å². The minimum absolute atomic E-state index is 0.292. The molecule has 0 fully saturated rings. The number of thiophene rings is 1. The molecule has 1 aromatic heterocycles. The Labute approximate surface area is 141 Å². The molecule has 0 atom stereocenters. The summed E-state index contributed by atoms with van der Waals surface area (Å²) in [7, 11) is 0. The summed E-state index contributed by atoms with van der Waals surface area (Å²) >= 11 is 1.80. The van der Waals surface area contributed by atoms with Crippen molar-refractivity contribution in [3.8, 4) is 11.5 Å². The van der Waals surface area contributed by atoms with Gasteiger partial charge in [-0.3, -0.25) is 4.90 Å². The van der Waals surface area contributed by atoms with Crippen LogP contribution in [-0.2, 0) is 13.1 Å². The van der Waals surface area contributed by atoms with Crippen LogP contribution in [0.5, 0.6) is 11.5 Å². The highest BCUT2D eigenvalue weighted by Crippen LogP contribution is 2.33. The summed E-state index contributed by atoms with van der Waals surface area (Å²) in [6, 6.07) is 10.3. The van der Waals surface area contributed by atoms with Gasteiger partial charge in [-0.2, -0.15) is 0 Å². The zero-order valence-electron chi connectivity index (χ0n) is 13.8. The minimum atomic E-state index is -0.733. The highest BCUT2D eigenvalue weighted by Gasteiger charge is 2.20. The fourth-order valence-electron chi connectivity index (χ4n) is 2.80. The van der Waals surface area contributed by atoms with Gasteiger partial charge in [0.05, 0.1) is 5.60 Å². The number of fused-ring (bicyclic) bond motifs is 1. The molecule has 0 saturated carbocycles. The summed E-state index contributed by atoms with van der Waals surface area (Å²) in [4.78, 5) is 4.89. The summed E-state index contributed by atoms with van der Waals surface area (Å²) in [5.74, 6) is 1.61. The first-order valence-electron chi connectivity index (χ1n) is 7.78. The maximum atomic E-state index is 10.2. The van der Waals surface area contributed by atoms with Gasteiger partial charge in [0.1, 0.15) is 0 Å². The van der Waals surface area contributed by atoms with E-state index >= 15 is 0 Å². The van der Waals surface area contributed by atoms with Crippen LogP contribution < -0.4 is 9.47 Å². The average Bonchev–Trinajstić information content (AvgIpc) is 3.05. The van der Waals surface area contributed by atoms with E-state index in [0.29, 0.717) is 13.3 Å². The van der Waals surface area contributed by atoms with Gasteiger partial charge in [-0.15, -0.1) is 11.3 Å². The van der Waals surface area contributed by atoms with E-state index in [1.165, 1.54) is 9.75 Å². The summed E-state index contributed by atoms with van der Waals surface area (Å²) in [6.07, 6.45) is 0. The lowest BCUT2D eigenvalue weighted by molar-refractivity contribution is 0.0310.